The Morgan fingerprint density at radius 2 is 2.09 bits per heavy atom. The number of hydrogen-bond acceptors (Lipinski definition) is 5. The van der Waals surface area contributed by atoms with E-state index >= 15 is 0 Å². The average molecular weight is 302 g/mol. The molecule has 1 aromatic heterocycles. The predicted octanol–water partition coefficient (Wildman–Crippen LogP) is 1.56. The lowest BCUT2D eigenvalue weighted by Crippen LogP contribution is -2.57. The molecule has 1 amide bonds. The molecule has 1 N–H and O–H groups in total. The summed E-state index contributed by atoms with van der Waals surface area (Å²) < 4.78 is 18.5. The number of methoxy groups -OCH3 is 1. The molecule has 2 aromatic rings. The Morgan fingerprint density at radius 3 is 2.73 bits per heavy atom. The number of carbonyl (C=O) groups excluding carboxylic acids is 1. The summed E-state index contributed by atoms with van der Waals surface area (Å²) in [4.78, 5) is 22.0. The number of nitrogens with zero attached hydrogens (tertiary/aromatic N) is 3. The third kappa shape index (κ3) is 2.83. The second kappa shape index (κ2) is 5.97. The van der Waals surface area contributed by atoms with E-state index in [-0.39, 0.29) is 17.7 Å². The van der Waals surface area contributed by atoms with Crippen LogP contribution in [0.3, 0.4) is 0 Å². The van der Waals surface area contributed by atoms with Gasteiger partial charge in [-0.2, -0.15) is 0 Å². The first-order chi connectivity index (χ1) is 10.7. The van der Waals surface area contributed by atoms with Crippen molar-refractivity contribution >= 4 is 11.9 Å². The van der Waals surface area contributed by atoms with Crippen molar-refractivity contribution in [1.82, 2.24) is 14.9 Å². The maximum Gasteiger partial charge on any atom is 0.254 e. The van der Waals surface area contributed by atoms with Crippen molar-refractivity contribution in [2.24, 2.45) is 0 Å². The van der Waals surface area contributed by atoms with Crippen LogP contribution in [0.25, 0.3) is 0 Å². The third-order valence-electron chi connectivity index (χ3n) is 3.47. The maximum absolute atomic E-state index is 13.6. The van der Waals surface area contributed by atoms with E-state index in [9.17, 15) is 9.18 Å². The van der Waals surface area contributed by atoms with Crippen LogP contribution in [-0.2, 0) is 0 Å². The summed E-state index contributed by atoms with van der Waals surface area (Å²) in [6.45, 7) is 1.06. The molecule has 0 atom stereocenters. The molecule has 1 aromatic carbocycles. The molecule has 6 nitrogen and oxygen atoms in total. The molecular formula is C15H15FN4O2. The third-order valence-corrected chi connectivity index (χ3v) is 3.47. The molecule has 7 heteroatoms. The number of benzene rings is 1. The second-order valence-corrected chi connectivity index (χ2v) is 4.97. The Kier molecular flexibility index (Phi) is 3.86. The van der Waals surface area contributed by atoms with Crippen molar-refractivity contribution < 1.29 is 13.9 Å². The maximum atomic E-state index is 13.6. The van der Waals surface area contributed by atoms with Crippen LogP contribution in [0, 0.1) is 5.82 Å². The molecule has 3 rings (SSSR count). The van der Waals surface area contributed by atoms with E-state index in [1.807, 2.05) is 0 Å². The van der Waals surface area contributed by atoms with Crippen LogP contribution < -0.4 is 10.1 Å². The summed E-state index contributed by atoms with van der Waals surface area (Å²) in [5.74, 6) is -0.0779. The van der Waals surface area contributed by atoms with E-state index in [1.54, 1.807) is 29.4 Å². The minimum Gasteiger partial charge on any atom is -0.494 e. The van der Waals surface area contributed by atoms with Crippen LogP contribution in [-0.4, -0.2) is 47.0 Å². The molecule has 1 aliphatic heterocycles. The highest BCUT2D eigenvalue weighted by Crippen LogP contribution is 2.21. The van der Waals surface area contributed by atoms with Gasteiger partial charge in [-0.3, -0.25) is 4.79 Å². The van der Waals surface area contributed by atoms with Gasteiger partial charge < -0.3 is 15.0 Å². The molecule has 114 valence electrons. The van der Waals surface area contributed by atoms with Gasteiger partial charge in [0.1, 0.15) is 0 Å². The first-order valence-corrected chi connectivity index (χ1v) is 6.84. The fourth-order valence-corrected chi connectivity index (χ4v) is 2.27. The van der Waals surface area contributed by atoms with E-state index in [4.69, 9.17) is 4.74 Å². The normalized spacial score (nSPS) is 14.4. The summed E-state index contributed by atoms with van der Waals surface area (Å²) in [5, 5.41) is 3.13. The van der Waals surface area contributed by atoms with Gasteiger partial charge in [0.05, 0.1) is 13.2 Å². The number of aromatic nitrogens is 2. The number of rotatable bonds is 4. The Hall–Kier alpha value is -2.70. The Labute approximate surface area is 126 Å². The van der Waals surface area contributed by atoms with Gasteiger partial charge in [0.25, 0.3) is 5.91 Å². The van der Waals surface area contributed by atoms with E-state index in [1.165, 1.54) is 19.2 Å². The molecule has 0 saturated carbocycles. The number of anilines is 1. The quantitative estimate of drug-likeness (QED) is 0.928. The Balaban J connectivity index is 1.58. The van der Waals surface area contributed by atoms with E-state index in [2.05, 4.69) is 15.3 Å². The average Bonchev–Trinajstić information content (AvgIpc) is 2.51. The fourth-order valence-electron chi connectivity index (χ4n) is 2.27. The monoisotopic (exact) mass is 302 g/mol. The molecule has 0 unspecified atom stereocenters. The molecule has 1 fully saturated rings. The number of carbonyl (C=O) groups is 1. The van der Waals surface area contributed by atoms with Gasteiger partial charge in [0, 0.05) is 31.0 Å². The molecule has 22 heavy (non-hydrogen) atoms. The summed E-state index contributed by atoms with van der Waals surface area (Å²) in [5.41, 5.74) is 0.313. The zero-order valence-corrected chi connectivity index (χ0v) is 12.0. The number of hydrogen-bond donors (Lipinski definition) is 1. The zero-order valence-electron chi connectivity index (χ0n) is 12.0. The molecule has 2 heterocycles. The van der Waals surface area contributed by atoms with Crippen molar-refractivity contribution in [2.45, 2.75) is 6.04 Å². The highest BCUT2D eigenvalue weighted by atomic mass is 19.1. The van der Waals surface area contributed by atoms with Gasteiger partial charge in [-0.25, -0.2) is 14.4 Å². The molecule has 0 bridgehead atoms. The predicted molar refractivity (Wildman–Crippen MR) is 78.3 cm³/mol. The molecule has 0 spiro atoms. The van der Waals surface area contributed by atoms with E-state index < -0.39 is 5.82 Å². The van der Waals surface area contributed by atoms with Gasteiger partial charge in [0.2, 0.25) is 5.95 Å². The number of likely N-dealkylation sites (tertiary alicyclic amines) is 1. The first kappa shape index (κ1) is 14.2. The molecule has 0 aliphatic carbocycles. The van der Waals surface area contributed by atoms with Crippen LogP contribution in [0.15, 0.2) is 36.7 Å². The summed E-state index contributed by atoms with van der Waals surface area (Å²) >= 11 is 0. The lowest BCUT2D eigenvalue weighted by Gasteiger charge is -2.39. The first-order valence-electron chi connectivity index (χ1n) is 6.84. The molecular weight excluding hydrogens is 287 g/mol. The highest BCUT2D eigenvalue weighted by Gasteiger charge is 2.31. The molecule has 1 aliphatic rings. The van der Waals surface area contributed by atoms with Gasteiger partial charge >= 0.3 is 0 Å². The van der Waals surface area contributed by atoms with Gasteiger partial charge in [-0.1, -0.05) is 0 Å². The minimum atomic E-state index is -0.541. The number of amides is 1. The van der Waals surface area contributed by atoms with E-state index in [0.717, 1.165) is 0 Å². The number of ether oxygens (including phenoxy) is 1. The van der Waals surface area contributed by atoms with Gasteiger partial charge in [-0.05, 0) is 24.3 Å². The largest absolute Gasteiger partial charge is 0.494 e. The standard InChI is InChI=1S/C15H15FN4O2/c1-22-13-4-3-10(7-12(13)16)14(21)20-8-11(9-20)19-15-17-5-2-6-18-15/h2-7,11H,8-9H2,1H3,(H,17,18,19). The van der Waals surface area contributed by atoms with Crippen LogP contribution in [0.4, 0.5) is 10.3 Å². The summed E-state index contributed by atoms with van der Waals surface area (Å²) in [6, 6.07) is 6.05. The second-order valence-electron chi connectivity index (χ2n) is 4.97. The van der Waals surface area contributed by atoms with E-state index in [0.29, 0.717) is 24.6 Å². The molecule has 0 radical (unpaired) electrons. The molecule has 1 saturated heterocycles. The van der Waals surface area contributed by atoms with Crippen LogP contribution in [0.1, 0.15) is 10.4 Å². The lowest BCUT2D eigenvalue weighted by atomic mass is 10.1. The fraction of sp³-hybridized carbons (Fsp3) is 0.267. The van der Waals surface area contributed by atoms with Crippen molar-refractivity contribution in [3.8, 4) is 5.75 Å². The van der Waals surface area contributed by atoms with Crippen molar-refractivity contribution in [2.75, 3.05) is 25.5 Å². The van der Waals surface area contributed by atoms with Gasteiger partial charge in [-0.15, -0.1) is 0 Å². The van der Waals surface area contributed by atoms with Crippen molar-refractivity contribution in [3.63, 3.8) is 0 Å². The topological polar surface area (TPSA) is 67.3 Å². The SMILES string of the molecule is COc1ccc(C(=O)N2CC(Nc3ncccn3)C2)cc1F. The van der Waals surface area contributed by atoms with Gasteiger partial charge in [0.15, 0.2) is 11.6 Å². The van der Waals surface area contributed by atoms with Crippen molar-refractivity contribution in [1.29, 1.82) is 0 Å². The number of halogens is 1. The van der Waals surface area contributed by atoms with Crippen LogP contribution in [0.5, 0.6) is 5.75 Å². The highest BCUT2D eigenvalue weighted by molar-refractivity contribution is 5.95. The summed E-state index contributed by atoms with van der Waals surface area (Å²) in [7, 11) is 1.39. The Bertz CT molecular complexity index is 674. The van der Waals surface area contributed by atoms with Crippen LogP contribution >= 0.6 is 0 Å². The summed E-state index contributed by atoms with van der Waals surface area (Å²) in [6.07, 6.45) is 3.30. The van der Waals surface area contributed by atoms with Crippen LogP contribution in [0.2, 0.25) is 0 Å². The Morgan fingerprint density at radius 1 is 1.36 bits per heavy atom. The van der Waals surface area contributed by atoms with Crippen molar-refractivity contribution in [3.05, 3.63) is 48.0 Å². The minimum absolute atomic E-state index is 0.106. The lowest BCUT2D eigenvalue weighted by molar-refractivity contribution is 0.0624. The smallest absolute Gasteiger partial charge is 0.254 e. The zero-order chi connectivity index (χ0) is 15.5. The number of nitrogens with one attached hydrogen (secondary N) is 1.